The van der Waals surface area contributed by atoms with Crippen molar-refractivity contribution in [3.63, 3.8) is 0 Å². The lowest BCUT2D eigenvalue weighted by atomic mass is 9.97. The van der Waals surface area contributed by atoms with E-state index in [4.69, 9.17) is 4.52 Å². The van der Waals surface area contributed by atoms with E-state index in [9.17, 15) is 9.18 Å². The third-order valence-corrected chi connectivity index (χ3v) is 5.37. The van der Waals surface area contributed by atoms with Crippen molar-refractivity contribution in [2.75, 3.05) is 19.6 Å². The van der Waals surface area contributed by atoms with Crippen molar-refractivity contribution in [3.05, 3.63) is 65.4 Å². The Morgan fingerprint density at radius 1 is 1.27 bits per heavy atom. The van der Waals surface area contributed by atoms with Crippen molar-refractivity contribution in [2.24, 2.45) is 0 Å². The standard InChI is InChI=1S/C22H24FN5O2/c1-15-5-6-16(12-18(15)23)13-25-20(29)14-28-10-7-17(8-11-28)22-26-21(27-30-22)19-4-2-3-9-24-19/h2-6,9,12,17H,7-8,10-11,13-14H2,1H3,(H,25,29). The van der Waals surface area contributed by atoms with E-state index in [1.807, 2.05) is 24.3 Å². The quantitative estimate of drug-likeness (QED) is 0.674. The fraction of sp³-hybridized carbons (Fsp3) is 0.364. The molecule has 0 bridgehead atoms. The molecule has 1 aliphatic heterocycles. The Labute approximate surface area is 174 Å². The molecule has 8 heteroatoms. The Bertz CT molecular complexity index is 1000. The minimum absolute atomic E-state index is 0.0651. The summed E-state index contributed by atoms with van der Waals surface area (Å²) in [6, 6.07) is 10.6. The number of piperidine rings is 1. The number of likely N-dealkylation sites (tertiary alicyclic amines) is 1. The van der Waals surface area contributed by atoms with Crippen LogP contribution in [0, 0.1) is 12.7 Å². The van der Waals surface area contributed by atoms with Crippen LogP contribution in [0.2, 0.25) is 0 Å². The molecule has 1 aliphatic rings. The van der Waals surface area contributed by atoms with Crippen LogP contribution in [0.5, 0.6) is 0 Å². The average molecular weight is 409 g/mol. The normalized spacial score (nSPS) is 15.3. The monoisotopic (exact) mass is 409 g/mol. The fourth-order valence-electron chi connectivity index (χ4n) is 3.54. The van der Waals surface area contributed by atoms with Gasteiger partial charge in [-0.2, -0.15) is 4.98 Å². The highest BCUT2D eigenvalue weighted by molar-refractivity contribution is 5.78. The molecule has 0 atom stereocenters. The number of carbonyl (C=O) groups excluding carboxylic acids is 1. The lowest BCUT2D eigenvalue weighted by Crippen LogP contribution is -2.41. The molecule has 156 valence electrons. The summed E-state index contributed by atoms with van der Waals surface area (Å²) in [5.41, 5.74) is 2.04. The minimum Gasteiger partial charge on any atom is -0.351 e. The first kappa shape index (κ1) is 20.2. The Balaban J connectivity index is 1.24. The number of pyridine rings is 1. The molecule has 3 heterocycles. The molecule has 2 aromatic heterocycles. The first-order valence-electron chi connectivity index (χ1n) is 10.1. The summed E-state index contributed by atoms with van der Waals surface area (Å²) >= 11 is 0. The van der Waals surface area contributed by atoms with E-state index in [0.717, 1.165) is 31.5 Å². The van der Waals surface area contributed by atoms with E-state index in [-0.39, 0.29) is 17.6 Å². The van der Waals surface area contributed by atoms with Gasteiger partial charge < -0.3 is 9.84 Å². The SMILES string of the molecule is Cc1ccc(CNC(=O)CN2CCC(c3nc(-c4ccccn4)no3)CC2)cc1F. The molecule has 1 fully saturated rings. The van der Waals surface area contributed by atoms with Gasteiger partial charge in [0.05, 0.1) is 6.54 Å². The summed E-state index contributed by atoms with van der Waals surface area (Å²) in [4.78, 5) is 23.1. The maximum Gasteiger partial charge on any atom is 0.234 e. The van der Waals surface area contributed by atoms with Gasteiger partial charge in [-0.3, -0.25) is 14.7 Å². The number of nitrogens with one attached hydrogen (secondary N) is 1. The van der Waals surface area contributed by atoms with Crippen LogP contribution in [0.1, 0.15) is 35.8 Å². The van der Waals surface area contributed by atoms with Gasteiger partial charge in [0, 0.05) is 18.7 Å². The van der Waals surface area contributed by atoms with E-state index in [2.05, 4.69) is 25.3 Å². The van der Waals surface area contributed by atoms with Crippen LogP contribution in [0.3, 0.4) is 0 Å². The second-order valence-electron chi connectivity index (χ2n) is 7.58. The number of benzene rings is 1. The van der Waals surface area contributed by atoms with E-state index >= 15 is 0 Å². The lowest BCUT2D eigenvalue weighted by molar-refractivity contribution is -0.122. The molecule has 0 radical (unpaired) electrons. The van der Waals surface area contributed by atoms with Crippen molar-refractivity contribution >= 4 is 5.91 Å². The molecule has 4 rings (SSSR count). The van der Waals surface area contributed by atoms with Crippen LogP contribution < -0.4 is 5.32 Å². The van der Waals surface area contributed by atoms with E-state index in [0.29, 0.717) is 36.1 Å². The maximum atomic E-state index is 13.6. The molecule has 3 aromatic rings. The summed E-state index contributed by atoms with van der Waals surface area (Å²) in [5, 5.41) is 6.90. The number of aromatic nitrogens is 3. The second-order valence-corrected chi connectivity index (χ2v) is 7.58. The largest absolute Gasteiger partial charge is 0.351 e. The van der Waals surface area contributed by atoms with Crippen LogP contribution in [-0.4, -0.2) is 45.6 Å². The van der Waals surface area contributed by atoms with Gasteiger partial charge >= 0.3 is 0 Å². The van der Waals surface area contributed by atoms with Gasteiger partial charge in [0.25, 0.3) is 0 Å². The van der Waals surface area contributed by atoms with E-state index in [1.165, 1.54) is 6.07 Å². The summed E-state index contributed by atoms with van der Waals surface area (Å²) in [7, 11) is 0. The third-order valence-electron chi connectivity index (χ3n) is 5.37. The summed E-state index contributed by atoms with van der Waals surface area (Å²) < 4.78 is 19.1. The molecule has 1 saturated heterocycles. The molecular weight excluding hydrogens is 385 g/mol. The maximum absolute atomic E-state index is 13.6. The van der Waals surface area contributed by atoms with Crippen molar-refractivity contribution < 1.29 is 13.7 Å². The second kappa shape index (κ2) is 9.13. The van der Waals surface area contributed by atoms with Gasteiger partial charge in [-0.05, 0) is 62.2 Å². The molecule has 1 N–H and O–H groups in total. The zero-order valence-corrected chi connectivity index (χ0v) is 16.8. The number of aryl methyl sites for hydroxylation is 1. The highest BCUT2D eigenvalue weighted by Gasteiger charge is 2.26. The number of rotatable bonds is 6. The average Bonchev–Trinajstić information content (AvgIpc) is 3.26. The van der Waals surface area contributed by atoms with Gasteiger partial charge in [0.2, 0.25) is 17.6 Å². The predicted molar refractivity (Wildman–Crippen MR) is 109 cm³/mol. The topological polar surface area (TPSA) is 84.2 Å². The number of hydrogen-bond acceptors (Lipinski definition) is 6. The smallest absolute Gasteiger partial charge is 0.234 e. The summed E-state index contributed by atoms with van der Waals surface area (Å²) in [5.74, 6) is 0.992. The van der Waals surface area contributed by atoms with Gasteiger partial charge in [-0.25, -0.2) is 4.39 Å². The molecule has 7 nitrogen and oxygen atoms in total. The minimum atomic E-state index is -0.254. The number of amides is 1. The Morgan fingerprint density at radius 2 is 2.10 bits per heavy atom. The highest BCUT2D eigenvalue weighted by Crippen LogP contribution is 2.28. The third kappa shape index (κ3) is 4.88. The van der Waals surface area contributed by atoms with E-state index < -0.39 is 0 Å². The molecule has 1 amide bonds. The number of halogens is 1. The van der Waals surface area contributed by atoms with Gasteiger partial charge in [0.1, 0.15) is 11.5 Å². The summed E-state index contributed by atoms with van der Waals surface area (Å²) in [6.07, 6.45) is 3.39. The first-order valence-corrected chi connectivity index (χ1v) is 10.1. The molecule has 0 aliphatic carbocycles. The van der Waals surface area contributed by atoms with Crippen molar-refractivity contribution in [1.29, 1.82) is 0 Å². The number of carbonyl (C=O) groups is 1. The van der Waals surface area contributed by atoms with Gasteiger partial charge in [0.15, 0.2) is 0 Å². The van der Waals surface area contributed by atoms with Crippen molar-refractivity contribution in [1.82, 2.24) is 25.3 Å². The zero-order valence-electron chi connectivity index (χ0n) is 16.8. The highest BCUT2D eigenvalue weighted by atomic mass is 19.1. The molecular formula is C22H24FN5O2. The van der Waals surface area contributed by atoms with Crippen LogP contribution >= 0.6 is 0 Å². The number of nitrogens with zero attached hydrogens (tertiary/aromatic N) is 4. The van der Waals surface area contributed by atoms with E-state index in [1.54, 1.807) is 19.2 Å². The molecule has 0 saturated carbocycles. The first-order chi connectivity index (χ1) is 14.6. The zero-order chi connectivity index (χ0) is 20.9. The molecule has 30 heavy (non-hydrogen) atoms. The van der Waals surface area contributed by atoms with Gasteiger partial charge in [-0.1, -0.05) is 23.4 Å². The molecule has 0 spiro atoms. The Hall–Kier alpha value is -3.13. The predicted octanol–water partition coefficient (Wildman–Crippen LogP) is 3.07. The van der Waals surface area contributed by atoms with Crippen molar-refractivity contribution in [2.45, 2.75) is 32.2 Å². The Kier molecular flexibility index (Phi) is 6.13. The lowest BCUT2D eigenvalue weighted by Gasteiger charge is -2.29. The van der Waals surface area contributed by atoms with Crippen LogP contribution in [0.4, 0.5) is 4.39 Å². The molecule has 1 aromatic carbocycles. The number of hydrogen-bond donors (Lipinski definition) is 1. The molecule has 0 unspecified atom stereocenters. The van der Waals surface area contributed by atoms with Crippen molar-refractivity contribution in [3.8, 4) is 11.5 Å². The van der Waals surface area contributed by atoms with Crippen LogP contribution in [-0.2, 0) is 11.3 Å². The fourth-order valence-corrected chi connectivity index (χ4v) is 3.54. The summed E-state index contributed by atoms with van der Waals surface area (Å²) in [6.45, 7) is 3.92. The van der Waals surface area contributed by atoms with Gasteiger partial charge in [-0.15, -0.1) is 0 Å². The van der Waals surface area contributed by atoms with Crippen LogP contribution in [0.15, 0.2) is 47.1 Å². The Morgan fingerprint density at radius 3 is 2.83 bits per heavy atom. The van der Waals surface area contributed by atoms with Crippen LogP contribution in [0.25, 0.3) is 11.5 Å².